The van der Waals surface area contributed by atoms with Crippen LogP contribution in [-0.4, -0.2) is 50.4 Å². The number of alkyl halides is 3. The first-order chi connectivity index (χ1) is 15.2. The van der Waals surface area contributed by atoms with E-state index in [0.29, 0.717) is 29.0 Å². The molecule has 0 radical (unpaired) electrons. The SMILES string of the molecule is Cc1nn2cc(C3CC3)cnc2c1C(=O)NCCOC[C@@H](O)c1ccc(C(F)(F)F)cn1. The van der Waals surface area contributed by atoms with E-state index in [1.165, 1.54) is 0 Å². The lowest BCUT2D eigenvalue weighted by Crippen LogP contribution is -2.28. The van der Waals surface area contributed by atoms with Gasteiger partial charge in [-0.15, -0.1) is 0 Å². The van der Waals surface area contributed by atoms with Gasteiger partial charge in [-0.05, 0) is 43.4 Å². The molecule has 4 rings (SSSR count). The Morgan fingerprint density at radius 3 is 2.75 bits per heavy atom. The van der Waals surface area contributed by atoms with Crippen molar-refractivity contribution in [1.82, 2.24) is 24.9 Å². The fraction of sp³-hybridized carbons (Fsp3) is 0.429. The fourth-order valence-electron chi connectivity index (χ4n) is 3.33. The number of aryl methyl sites for hydroxylation is 1. The largest absolute Gasteiger partial charge is 0.417 e. The average Bonchev–Trinajstić information content (AvgIpc) is 3.54. The van der Waals surface area contributed by atoms with E-state index in [1.807, 2.05) is 6.20 Å². The van der Waals surface area contributed by atoms with Crippen LogP contribution in [0.15, 0.2) is 30.7 Å². The van der Waals surface area contributed by atoms with Gasteiger partial charge < -0.3 is 15.2 Å². The Hall–Kier alpha value is -3.05. The number of aliphatic hydroxyl groups is 1. The molecule has 3 aromatic heterocycles. The highest BCUT2D eigenvalue weighted by molar-refractivity contribution is 6.00. The summed E-state index contributed by atoms with van der Waals surface area (Å²) in [5.41, 5.74) is 1.73. The van der Waals surface area contributed by atoms with Crippen LogP contribution >= 0.6 is 0 Å². The summed E-state index contributed by atoms with van der Waals surface area (Å²) >= 11 is 0. The predicted octanol–water partition coefficient (Wildman–Crippen LogP) is 2.81. The van der Waals surface area contributed by atoms with E-state index in [2.05, 4.69) is 20.4 Å². The Morgan fingerprint density at radius 2 is 2.09 bits per heavy atom. The van der Waals surface area contributed by atoms with Crippen molar-refractivity contribution in [3.05, 3.63) is 58.8 Å². The molecule has 3 heterocycles. The highest BCUT2D eigenvalue weighted by Crippen LogP contribution is 2.39. The van der Waals surface area contributed by atoms with Crippen molar-refractivity contribution >= 4 is 11.6 Å². The molecule has 3 aromatic rings. The van der Waals surface area contributed by atoms with Crippen molar-refractivity contribution in [2.75, 3.05) is 19.8 Å². The van der Waals surface area contributed by atoms with Gasteiger partial charge in [0.15, 0.2) is 5.65 Å². The van der Waals surface area contributed by atoms with Crippen molar-refractivity contribution in [3.63, 3.8) is 0 Å². The Balaban J connectivity index is 1.26. The monoisotopic (exact) mass is 449 g/mol. The van der Waals surface area contributed by atoms with Crippen molar-refractivity contribution in [3.8, 4) is 0 Å². The third kappa shape index (κ3) is 4.89. The Kier molecular flexibility index (Phi) is 6.11. The highest BCUT2D eigenvalue weighted by atomic mass is 19.4. The molecule has 1 atom stereocenters. The first-order valence-electron chi connectivity index (χ1n) is 10.2. The van der Waals surface area contributed by atoms with Crippen LogP contribution in [0.2, 0.25) is 0 Å². The quantitative estimate of drug-likeness (QED) is 0.513. The first kappa shape index (κ1) is 22.2. The molecule has 0 aromatic carbocycles. The van der Waals surface area contributed by atoms with Gasteiger partial charge in [-0.2, -0.15) is 18.3 Å². The average molecular weight is 449 g/mol. The Morgan fingerprint density at radius 1 is 1.31 bits per heavy atom. The van der Waals surface area contributed by atoms with Gasteiger partial charge in [0.2, 0.25) is 0 Å². The van der Waals surface area contributed by atoms with E-state index >= 15 is 0 Å². The van der Waals surface area contributed by atoms with Gasteiger partial charge in [-0.25, -0.2) is 9.50 Å². The van der Waals surface area contributed by atoms with Crippen molar-refractivity contribution < 1.29 is 27.8 Å². The van der Waals surface area contributed by atoms with Gasteiger partial charge in [-0.1, -0.05) is 0 Å². The lowest BCUT2D eigenvalue weighted by molar-refractivity contribution is -0.137. The van der Waals surface area contributed by atoms with Crippen LogP contribution in [-0.2, 0) is 10.9 Å². The number of pyridine rings is 1. The second-order valence-corrected chi connectivity index (χ2v) is 7.71. The summed E-state index contributed by atoms with van der Waals surface area (Å²) in [5.74, 6) is 0.191. The molecule has 11 heteroatoms. The number of nitrogens with one attached hydrogen (secondary N) is 1. The molecule has 1 saturated carbocycles. The molecule has 2 N–H and O–H groups in total. The summed E-state index contributed by atoms with van der Waals surface area (Å²) < 4.78 is 44.6. The van der Waals surface area contributed by atoms with Crippen LogP contribution in [0.25, 0.3) is 5.65 Å². The maximum Gasteiger partial charge on any atom is 0.417 e. The predicted molar refractivity (Wildman–Crippen MR) is 107 cm³/mol. The number of carbonyl (C=O) groups excluding carboxylic acids is 1. The molecule has 0 spiro atoms. The minimum atomic E-state index is -4.49. The molecule has 1 amide bonds. The summed E-state index contributed by atoms with van der Waals surface area (Å²) in [4.78, 5) is 20.6. The second-order valence-electron chi connectivity index (χ2n) is 7.71. The normalized spacial score (nSPS) is 15.2. The van der Waals surface area contributed by atoms with E-state index in [1.54, 1.807) is 17.6 Å². The number of amides is 1. The second kappa shape index (κ2) is 8.83. The molecule has 8 nitrogen and oxygen atoms in total. The maximum atomic E-state index is 12.6. The zero-order valence-corrected chi connectivity index (χ0v) is 17.3. The molecule has 170 valence electrons. The van der Waals surface area contributed by atoms with Crippen LogP contribution in [0.5, 0.6) is 0 Å². The number of aromatic nitrogens is 4. The maximum absolute atomic E-state index is 12.6. The van der Waals surface area contributed by atoms with E-state index in [-0.39, 0.29) is 31.4 Å². The molecule has 32 heavy (non-hydrogen) atoms. The standard InChI is InChI=1S/C21H22F3N5O3/c1-12-18(19-27-8-14(13-2-3-13)10-29(19)28-12)20(31)25-6-7-32-11-17(30)16-5-4-15(9-26-16)21(22,23)24/h4-5,8-10,13,17,30H,2-3,6-7,11H2,1H3,(H,25,31)/t17-/m1/s1. The number of fused-ring (bicyclic) bond motifs is 1. The zero-order valence-electron chi connectivity index (χ0n) is 17.3. The molecule has 0 saturated heterocycles. The van der Waals surface area contributed by atoms with Gasteiger partial charge in [0.05, 0.1) is 30.2 Å². The molecular formula is C21H22F3N5O3. The first-order valence-corrected chi connectivity index (χ1v) is 10.2. The minimum absolute atomic E-state index is 0.0701. The molecular weight excluding hydrogens is 427 g/mol. The summed E-state index contributed by atoms with van der Waals surface area (Å²) in [5, 5.41) is 17.1. The number of halogens is 3. The van der Waals surface area contributed by atoms with Crippen molar-refractivity contribution in [1.29, 1.82) is 0 Å². The fourth-order valence-corrected chi connectivity index (χ4v) is 3.33. The van der Waals surface area contributed by atoms with Gasteiger partial charge in [0, 0.05) is 25.1 Å². The third-order valence-electron chi connectivity index (χ3n) is 5.21. The smallest absolute Gasteiger partial charge is 0.384 e. The van der Waals surface area contributed by atoms with Crippen molar-refractivity contribution in [2.24, 2.45) is 0 Å². The van der Waals surface area contributed by atoms with Gasteiger partial charge in [0.1, 0.15) is 11.7 Å². The summed E-state index contributed by atoms with van der Waals surface area (Å²) in [6, 6.07) is 1.96. The van der Waals surface area contributed by atoms with Gasteiger partial charge in [-0.3, -0.25) is 9.78 Å². The molecule has 0 bridgehead atoms. The van der Waals surface area contributed by atoms with E-state index in [9.17, 15) is 23.1 Å². The van der Waals surface area contributed by atoms with Crippen LogP contribution in [0.1, 0.15) is 57.7 Å². The number of ether oxygens (including phenoxy) is 1. The summed E-state index contributed by atoms with van der Waals surface area (Å²) in [6.07, 6.45) is 0.974. The summed E-state index contributed by atoms with van der Waals surface area (Å²) in [7, 11) is 0. The Labute approximate surface area is 181 Å². The lowest BCUT2D eigenvalue weighted by atomic mass is 10.2. The van der Waals surface area contributed by atoms with Gasteiger partial charge in [0.25, 0.3) is 5.91 Å². The number of hydrogen-bond donors (Lipinski definition) is 2. The van der Waals surface area contributed by atoms with E-state index in [4.69, 9.17) is 4.74 Å². The molecule has 1 aliphatic carbocycles. The van der Waals surface area contributed by atoms with Crippen LogP contribution in [0.4, 0.5) is 13.2 Å². The molecule has 0 aliphatic heterocycles. The number of nitrogens with zero attached hydrogens (tertiary/aromatic N) is 4. The number of hydrogen-bond acceptors (Lipinski definition) is 6. The van der Waals surface area contributed by atoms with Gasteiger partial charge >= 0.3 is 6.18 Å². The summed E-state index contributed by atoms with van der Waals surface area (Å²) in [6.45, 7) is 1.84. The lowest BCUT2D eigenvalue weighted by Gasteiger charge is -2.12. The van der Waals surface area contributed by atoms with Crippen LogP contribution in [0, 0.1) is 6.92 Å². The van der Waals surface area contributed by atoms with E-state index in [0.717, 1.165) is 30.5 Å². The number of aliphatic hydroxyl groups excluding tert-OH is 1. The third-order valence-corrected chi connectivity index (χ3v) is 5.21. The number of carbonyl (C=O) groups is 1. The highest BCUT2D eigenvalue weighted by Gasteiger charge is 2.31. The molecule has 0 unspecified atom stereocenters. The zero-order chi connectivity index (χ0) is 22.9. The van der Waals surface area contributed by atoms with E-state index < -0.39 is 17.8 Å². The van der Waals surface area contributed by atoms with Crippen LogP contribution in [0.3, 0.4) is 0 Å². The van der Waals surface area contributed by atoms with Crippen molar-refractivity contribution in [2.45, 2.75) is 38.0 Å². The minimum Gasteiger partial charge on any atom is -0.384 e. The topological polar surface area (TPSA) is 102 Å². The molecule has 1 fully saturated rings. The molecule has 1 aliphatic rings. The van der Waals surface area contributed by atoms with Crippen LogP contribution < -0.4 is 5.32 Å². The number of rotatable bonds is 8. The Bertz CT molecular complexity index is 1110.